The second-order valence-corrected chi connectivity index (χ2v) is 5.78. The Morgan fingerprint density at radius 1 is 1.42 bits per heavy atom. The lowest BCUT2D eigenvalue weighted by Crippen LogP contribution is -2.35. The molecule has 1 saturated heterocycles. The molecule has 4 rings (SSSR count). The summed E-state index contributed by atoms with van der Waals surface area (Å²) in [5, 5.41) is 11.9. The van der Waals surface area contributed by atoms with Gasteiger partial charge in [0.1, 0.15) is 6.07 Å². The third-order valence-electron chi connectivity index (χ3n) is 4.42. The maximum absolute atomic E-state index is 12.3. The van der Waals surface area contributed by atoms with E-state index >= 15 is 0 Å². The topological polar surface area (TPSA) is 129 Å². The highest BCUT2D eigenvalue weighted by atomic mass is 16.7. The van der Waals surface area contributed by atoms with Gasteiger partial charge in [-0.05, 0) is 18.2 Å². The zero-order chi connectivity index (χ0) is 18.5. The predicted molar refractivity (Wildman–Crippen MR) is 88.4 cm³/mol. The number of hydrogen-bond acceptors (Lipinski definition) is 7. The molecule has 1 amide bonds. The van der Waals surface area contributed by atoms with Gasteiger partial charge in [0.2, 0.25) is 0 Å². The molecule has 1 aromatic carbocycles. The smallest absolute Gasteiger partial charge is 0.357 e. The number of aromatic nitrogens is 1. The van der Waals surface area contributed by atoms with E-state index in [1.807, 2.05) is 6.07 Å². The van der Waals surface area contributed by atoms with Gasteiger partial charge in [0.05, 0.1) is 37.3 Å². The largest absolute Gasteiger partial charge is 0.464 e. The van der Waals surface area contributed by atoms with E-state index in [0.29, 0.717) is 30.2 Å². The molecule has 0 aliphatic carbocycles. The van der Waals surface area contributed by atoms with Crippen molar-refractivity contribution in [1.29, 1.82) is 5.26 Å². The van der Waals surface area contributed by atoms with E-state index in [2.05, 4.69) is 5.32 Å². The molecule has 3 N–H and O–H groups in total. The second kappa shape index (κ2) is 5.59. The highest BCUT2D eigenvalue weighted by molar-refractivity contribution is 6.04. The van der Waals surface area contributed by atoms with Crippen LogP contribution in [0.4, 0.5) is 11.4 Å². The molecule has 1 fully saturated rings. The summed E-state index contributed by atoms with van der Waals surface area (Å²) in [6.45, 7) is 0.582. The fraction of sp³-hybridized carbons (Fsp3) is 0.235. The number of hydrogen-bond donors (Lipinski definition) is 2. The third kappa shape index (κ3) is 2.03. The molecular formula is C17H14N4O5. The van der Waals surface area contributed by atoms with Gasteiger partial charge in [-0.1, -0.05) is 0 Å². The van der Waals surface area contributed by atoms with Crippen molar-refractivity contribution < 1.29 is 23.8 Å². The molecular weight excluding hydrogens is 340 g/mol. The molecule has 0 atom stereocenters. The van der Waals surface area contributed by atoms with E-state index in [4.69, 9.17) is 19.9 Å². The van der Waals surface area contributed by atoms with Gasteiger partial charge in [-0.3, -0.25) is 4.79 Å². The molecule has 0 bridgehead atoms. The molecule has 132 valence electrons. The average Bonchev–Trinajstić information content (AvgIpc) is 3.33. The van der Waals surface area contributed by atoms with E-state index in [9.17, 15) is 14.9 Å². The van der Waals surface area contributed by atoms with Gasteiger partial charge in [0, 0.05) is 17.4 Å². The first-order valence-corrected chi connectivity index (χ1v) is 7.75. The number of nitrogens with two attached hydrogens (primary N) is 1. The maximum atomic E-state index is 12.3. The van der Waals surface area contributed by atoms with Crippen molar-refractivity contribution in [1.82, 2.24) is 4.57 Å². The van der Waals surface area contributed by atoms with Gasteiger partial charge in [-0.2, -0.15) is 5.26 Å². The van der Waals surface area contributed by atoms with Gasteiger partial charge in [-0.25, -0.2) is 4.79 Å². The van der Waals surface area contributed by atoms with Gasteiger partial charge in [0.25, 0.3) is 11.7 Å². The van der Waals surface area contributed by atoms with Gasteiger partial charge in [0.15, 0.2) is 5.69 Å². The molecule has 2 aliphatic heterocycles. The molecule has 0 saturated carbocycles. The summed E-state index contributed by atoms with van der Waals surface area (Å²) in [4.78, 5) is 24.5. The van der Waals surface area contributed by atoms with Crippen molar-refractivity contribution in [3.63, 3.8) is 0 Å². The Hall–Kier alpha value is -3.35. The first-order chi connectivity index (χ1) is 12.5. The molecule has 9 heteroatoms. The van der Waals surface area contributed by atoms with Crippen LogP contribution >= 0.6 is 0 Å². The van der Waals surface area contributed by atoms with Crippen LogP contribution in [-0.2, 0) is 24.8 Å². The summed E-state index contributed by atoms with van der Waals surface area (Å²) in [7, 11) is 1.23. The molecule has 0 radical (unpaired) electrons. The minimum absolute atomic E-state index is 0.0251. The summed E-state index contributed by atoms with van der Waals surface area (Å²) in [5.41, 5.74) is 7.68. The molecule has 2 aromatic rings. The highest BCUT2D eigenvalue weighted by Crippen LogP contribution is 2.43. The maximum Gasteiger partial charge on any atom is 0.357 e. The first-order valence-electron chi connectivity index (χ1n) is 7.75. The van der Waals surface area contributed by atoms with Crippen LogP contribution in [0.5, 0.6) is 0 Å². The third-order valence-corrected chi connectivity index (χ3v) is 4.42. The Morgan fingerprint density at radius 3 is 2.81 bits per heavy atom. The number of amides is 1. The zero-order valence-corrected chi connectivity index (χ0v) is 13.7. The number of nitrogens with zero attached hydrogens (tertiary/aromatic N) is 2. The number of anilines is 2. The van der Waals surface area contributed by atoms with Crippen LogP contribution in [0.15, 0.2) is 24.4 Å². The minimum atomic E-state index is -1.49. The van der Waals surface area contributed by atoms with E-state index in [-0.39, 0.29) is 16.9 Å². The highest BCUT2D eigenvalue weighted by Gasteiger charge is 2.52. The summed E-state index contributed by atoms with van der Waals surface area (Å²) in [6, 6.07) is 6.95. The number of benzene rings is 1. The monoisotopic (exact) mass is 354 g/mol. The summed E-state index contributed by atoms with van der Waals surface area (Å²) >= 11 is 0. The van der Waals surface area contributed by atoms with Crippen molar-refractivity contribution in [2.45, 2.75) is 5.79 Å². The zero-order valence-electron chi connectivity index (χ0n) is 13.7. The SMILES string of the molecule is COC(=O)c1c(N)c(C#N)cn1-c1ccc2c(c1)C1(OCCO1)C(=O)N2. The number of carbonyl (C=O) groups is 2. The van der Waals surface area contributed by atoms with E-state index in [1.54, 1.807) is 18.2 Å². The molecule has 1 spiro atoms. The van der Waals surface area contributed by atoms with Crippen LogP contribution in [0.3, 0.4) is 0 Å². The molecule has 2 aliphatic rings. The summed E-state index contributed by atoms with van der Waals surface area (Å²) < 4.78 is 17.4. The number of nitrogens with one attached hydrogen (secondary N) is 1. The number of methoxy groups -OCH3 is 1. The van der Waals surface area contributed by atoms with E-state index in [1.165, 1.54) is 17.9 Å². The Bertz CT molecular complexity index is 982. The summed E-state index contributed by atoms with van der Waals surface area (Å²) in [5.74, 6) is -2.57. The number of ether oxygens (including phenoxy) is 3. The van der Waals surface area contributed by atoms with E-state index < -0.39 is 17.7 Å². The fourth-order valence-electron chi connectivity index (χ4n) is 3.21. The van der Waals surface area contributed by atoms with Crippen LogP contribution in [0.25, 0.3) is 5.69 Å². The van der Waals surface area contributed by atoms with Crippen LogP contribution in [0, 0.1) is 11.3 Å². The van der Waals surface area contributed by atoms with Gasteiger partial charge < -0.3 is 29.8 Å². The number of fused-ring (bicyclic) bond motifs is 2. The van der Waals surface area contributed by atoms with Crippen molar-refractivity contribution in [2.24, 2.45) is 0 Å². The number of nitrogen functional groups attached to an aromatic ring is 1. The van der Waals surface area contributed by atoms with Crippen molar-refractivity contribution in [2.75, 3.05) is 31.4 Å². The van der Waals surface area contributed by atoms with Gasteiger partial charge >= 0.3 is 5.97 Å². The van der Waals surface area contributed by atoms with Gasteiger partial charge in [-0.15, -0.1) is 0 Å². The molecule has 9 nitrogen and oxygen atoms in total. The summed E-state index contributed by atoms with van der Waals surface area (Å²) in [6.07, 6.45) is 1.44. The number of nitriles is 1. The number of rotatable bonds is 2. The average molecular weight is 354 g/mol. The van der Waals surface area contributed by atoms with Crippen LogP contribution in [-0.4, -0.2) is 36.8 Å². The lowest BCUT2D eigenvalue weighted by atomic mass is 10.1. The standard InChI is InChI=1S/C17H14N4O5/c1-24-15(22)14-13(19)9(7-18)8-21(14)10-2-3-12-11(6-10)17(16(23)20-12)25-4-5-26-17/h2-3,6,8H,4-5,19H2,1H3,(H,20,23). The number of esters is 1. The van der Waals surface area contributed by atoms with Crippen LogP contribution in [0.2, 0.25) is 0 Å². The molecule has 26 heavy (non-hydrogen) atoms. The first kappa shape index (κ1) is 16.1. The Kier molecular flexibility index (Phi) is 3.47. The van der Waals surface area contributed by atoms with Crippen molar-refractivity contribution >= 4 is 23.3 Å². The van der Waals surface area contributed by atoms with Crippen molar-refractivity contribution in [3.05, 3.63) is 41.2 Å². The lowest BCUT2D eigenvalue weighted by molar-refractivity contribution is -0.178. The second-order valence-electron chi connectivity index (χ2n) is 5.78. The minimum Gasteiger partial charge on any atom is -0.464 e. The van der Waals surface area contributed by atoms with Crippen LogP contribution < -0.4 is 11.1 Å². The Labute approximate surface area is 147 Å². The van der Waals surface area contributed by atoms with E-state index in [0.717, 1.165) is 0 Å². The predicted octanol–water partition coefficient (Wildman–Crippen LogP) is 0.869. The Morgan fingerprint density at radius 2 is 2.15 bits per heavy atom. The number of carbonyl (C=O) groups excluding carboxylic acids is 2. The molecule has 1 aromatic heterocycles. The fourth-order valence-corrected chi connectivity index (χ4v) is 3.21. The molecule has 0 unspecified atom stereocenters. The normalized spacial score (nSPS) is 17.0. The Balaban J connectivity index is 1.90. The lowest BCUT2D eigenvalue weighted by Gasteiger charge is -2.20. The molecule has 3 heterocycles. The van der Waals surface area contributed by atoms with Crippen molar-refractivity contribution in [3.8, 4) is 11.8 Å². The quantitative estimate of drug-likeness (QED) is 0.766. The van der Waals surface area contributed by atoms with Crippen LogP contribution in [0.1, 0.15) is 21.6 Å².